The van der Waals surface area contributed by atoms with Crippen molar-refractivity contribution < 1.29 is 13.2 Å². The zero-order chi connectivity index (χ0) is 19.4. The van der Waals surface area contributed by atoms with E-state index in [4.69, 9.17) is 5.73 Å². The number of sulfone groups is 1. The van der Waals surface area contributed by atoms with Crippen molar-refractivity contribution in [2.45, 2.75) is 36.5 Å². The molecular weight excluding hydrogens is 360 g/mol. The van der Waals surface area contributed by atoms with Crippen LogP contribution >= 0.6 is 0 Å². The molecule has 6 heteroatoms. The SMILES string of the molecule is C[C@H]1CCCN(C(=O)c2ccc(S(=O)(=O)Cc3ccccc3)cc2)[C@@H]1CN. The van der Waals surface area contributed by atoms with Crippen LogP contribution in [0.4, 0.5) is 0 Å². The molecule has 2 N–H and O–H groups in total. The number of rotatable bonds is 5. The third kappa shape index (κ3) is 4.39. The van der Waals surface area contributed by atoms with Crippen molar-refractivity contribution in [2.24, 2.45) is 11.7 Å². The Kier molecular flexibility index (Phi) is 5.97. The summed E-state index contributed by atoms with van der Waals surface area (Å²) in [5.74, 6) is 0.238. The number of amides is 1. The van der Waals surface area contributed by atoms with Gasteiger partial charge in [0, 0.05) is 24.7 Å². The molecular formula is C21H26N2O3S. The number of piperidine rings is 1. The lowest BCUT2D eigenvalue weighted by Gasteiger charge is -2.39. The van der Waals surface area contributed by atoms with Gasteiger partial charge in [-0.3, -0.25) is 4.79 Å². The molecule has 0 bridgehead atoms. The number of carbonyl (C=O) groups is 1. The normalized spacial score (nSPS) is 20.4. The number of carbonyl (C=O) groups excluding carboxylic acids is 1. The highest BCUT2D eigenvalue weighted by Gasteiger charge is 2.31. The Labute approximate surface area is 161 Å². The van der Waals surface area contributed by atoms with Gasteiger partial charge in [-0.1, -0.05) is 37.3 Å². The van der Waals surface area contributed by atoms with Crippen LogP contribution in [0.3, 0.4) is 0 Å². The van der Waals surface area contributed by atoms with Crippen LogP contribution in [0, 0.1) is 5.92 Å². The minimum Gasteiger partial charge on any atom is -0.334 e. The van der Waals surface area contributed by atoms with Crippen LogP contribution in [0.25, 0.3) is 0 Å². The molecule has 0 aliphatic carbocycles. The van der Waals surface area contributed by atoms with Crippen LogP contribution in [-0.2, 0) is 15.6 Å². The van der Waals surface area contributed by atoms with Crippen LogP contribution in [0.15, 0.2) is 59.5 Å². The summed E-state index contributed by atoms with van der Waals surface area (Å²) in [5.41, 5.74) is 7.12. The van der Waals surface area contributed by atoms with Gasteiger partial charge >= 0.3 is 0 Å². The first kappa shape index (κ1) is 19.6. The van der Waals surface area contributed by atoms with Gasteiger partial charge in [-0.05, 0) is 48.6 Å². The van der Waals surface area contributed by atoms with Crippen LogP contribution < -0.4 is 5.73 Å². The highest BCUT2D eigenvalue weighted by atomic mass is 32.2. The van der Waals surface area contributed by atoms with E-state index in [9.17, 15) is 13.2 Å². The van der Waals surface area contributed by atoms with E-state index >= 15 is 0 Å². The van der Waals surface area contributed by atoms with Gasteiger partial charge in [0.2, 0.25) is 0 Å². The fourth-order valence-corrected chi connectivity index (χ4v) is 5.06. The number of nitrogens with zero attached hydrogens (tertiary/aromatic N) is 1. The minimum absolute atomic E-state index is 0.0349. The van der Waals surface area contributed by atoms with Crippen LogP contribution in [0.5, 0.6) is 0 Å². The Morgan fingerprint density at radius 3 is 2.41 bits per heavy atom. The molecule has 0 unspecified atom stereocenters. The molecule has 0 spiro atoms. The Hall–Kier alpha value is -2.18. The third-order valence-electron chi connectivity index (χ3n) is 5.28. The van der Waals surface area contributed by atoms with Gasteiger partial charge in [0.25, 0.3) is 5.91 Å². The van der Waals surface area contributed by atoms with Crippen LogP contribution in [0.2, 0.25) is 0 Å². The van der Waals surface area contributed by atoms with Crippen LogP contribution in [0.1, 0.15) is 35.7 Å². The van der Waals surface area contributed by atoms with E-state index in [-0.39, 0.29) is 22.6 Å². The Morgan fingerprint density at radius 1 is 1.11 bits per heavy atom. The zero-order valence-corrected chi connectivity index (χ0v) is 16.4. The summed E-state index contributed by atoms with van der Waals surface area (Å²) in [6.07, 6.45) is 2.04. The molecule has 1 aliphatic heterocycles. The molecule has 0 saturated carbocycles. The highest BCUT2D eigenvalue weighted by Crippen LogP contribution is 2.25. The van der Waals surface area contributed by atoms with E-state index in [1.54, 1.807) is 24.3 Å². The van der Waals surface area contributed by atoms with E-state index in [0.29, 0.717) is 24.6 Å². The number of hydrogen-bond acceptors (Lipinski definition) is 4. The third-order valence-corrected chi connectivity index (χ3v) is 6.98. The topological polar surface area (TPSA) is 80.5 Å². The van der Waals surface area contributed by atoms with Crippen molar-refractivity contribution in [2.75, 3.05) is 13.1 Å². The predicted molar refractivity (Wildman–Crippen MR) is 106 cm³/mol. The van der Waals surface area contributed by atoms with Gasteiger partial charge in [0.15, 0.2) is 9.84 Å². The molecule has 1 saturated heterocycles. The number of nitrogens with two attached hydrogens (primary N) is 1. The first-order valence-electron chi connectivity index (χ1n) is 9.30. The van der Waals surface area contributed by atoms with Gasteiger partial charge < -0.3 is 10.6 Å². The van der Waals surface area contributed by atoms with E-state index in [1.807, 2.05) is 23.1 Å². The lowest BCUT2D eigenvalue weighted by molar-refractivity contribution is 0.0532. The summed E-state index contributed by atoms with van der Waals surface area (Å²) in [7, 11) is -3.45. The molecule has 1 fully saturated rings. The molecule has 0 radical (unpaired) electrons. The summed E-state index contributed by atoms with van der Waals surface area (Å²) < 4.78 is 25.2. The van der Waals surface area contributed by atoms with Gasteiger partial charge in [0.1, 0.15) is 0 Å². The molecule has 3 rings (SSSR count). The van der Waals surface area contributed by atoms with Crippen molar-refractivity contribution >= 4 is 15.7 Å². The van der Waals surface area contributed by atoms with E-state index in [0.717, 1.165) is 18.4 Å². The van der Waals surface area contributed by atoms with Crippen molar-refractivity contribution in [3.8, 4) is 0 Å². The quantitative estimate of drug-likeness (QED) is 0.857. The molecule has 27 heavy (non-hydrogen) atoms. The number of hydrogen-bond donors (Lipinski definition) is 1. The molecule has 2 aromatic carbocycles. The van der Waals surface area contributed by atoms with Gasteiger partial charge in [-0.2, -0.15) is 0 Å². The lowest BCUT2D eigenvalue weighted by atomic mass is 9.90. The minimum atomic E-state index is -3.45. The first-order chi connectivity index (χ1) is 12.9. The van der Waals surface area contributed by atoms with Crippen LogP contribution in [-0.4, -0.2) is 38.4 Å². The fraction of sp³-hybridized carbons (Fsp3) is 0.381. The molecule has 144 valence electrons. The highest BCUT2D eigenvalue weighted by molar-refractivity contribution is 7.90. The molecule has 5 nitrogen and oxygen atoms in total. The summed E-state index contributed by atoms with van der Waals surface area (Å²) in [5, 5.41) is 0. The van der Waals surface area contributed by atoms with E-state index in [2.05, 4.69) is 6.92 Å². The molecule has 1 amide bonds. The fourth-order valence-electron chi connectivity index (χ4n) is 3.71. The molecule has 2 aromatic rings. The average Bonchev–Trinajstić information content (AvgIpc) is 2.68. The lowest BCUT2D eigenvalue weighted by Crippen LogP contribution is -2.51. The standard InChI is InChI=1S/C21H26N2O3S/c1-16-6-5-13-23(20(16)14-22)21(24)18-9-11-19(12-10-18)27(25,26)15-17-7-3-2-4-8-17/h2-4,7-12,16,20H,5-6,13-15,22H2,1H3/t16-,20+/m0/s1. The predicted octanol–water partition coefficient (Wildman–Crippen LogP) is 2.86. The maximum absolute atomic E-state index is 12.9. The maximum atomic E-state index is 12.9. The van der Waals surface area contributed by atoms with E-state index in [1.165, 1.54) is 12.1 Å². The Balaban J connectivity index is 1.77. The van der Waals surface area contributed by atoms with Gasteiger partial charge in [0.05, 0.1) is 10.6 Å². The molecule has 1 heterocycles. The summed E-state index contributed by atoms with van der Waals surface area (Å²) >= 11 is 0. The van der Waals surface area contributed by atoms with Crippen molar-refractivity contribution in [1.82, 2.24) is 4.90 Å². The molecule has 2 atom stereocenters. The summed E-state index contributed by atoms with van der Waals surface area (Å²) in [6, 6.07) is 15.4. The number of likely N-dealkylation sites (tertiary alicyclic amines) is 1. The smallest absolute Gasteiger partial charge is 0.254 e. The maximum Gasteiger partial charge on any atom is 0.254 e. The van der Waals surface area contributed by atoms with Gasteiger partial charge in [-0.15, -0.1) is 0 Å². The Bertz CT molecular complexity index is 879. The first-order valence-corrected chi connectivity index (χ1v) is 11.0. The second kappa shape index (κ2) is 8.23. The van der Waals surface area contributed by atoms with Crippen molar-refractivity contribution in [3.05, 3.63) is 65.7 Å². The monoisotopic (exact) mass is 386 g/mol. The number of benzene rings is 2. The van der Waals surface area contributed by atoms with Crippen molar-refractivity contribution in [3.63, 3.8) is 0 Å². The summed E-state index contributed by atoms with van der Waals surface area (Å²) in [6.45, 7) is 3.26. The average molecular weight is 387 g/mol. The largest absolute Gasteiger partial charge is 0.334 e. The van der Waals surface area contributed by atoms with Crippen molar-refractivity contribution in [1.29, 1.82) is 0 Å². The van der Waals surface area contributed by atoms with Gasteiger partial charge in [-0.25, -0.2) is 8.42 Å². The zero-order valence-electron chi connectivity index (χ0n) is 15.5. The molecule has 1 aliphatic rings. The second-order valence-electron chi connectivity index (χ2n) is 7.19. The van der Waals surface area contributed by atoms with E-state index < -0.39 is 9.84 Å². The molecule has 0 aromatic heterocycles. The Morgan fingerprint density at radius 2 is 1.78 bits per heavy atom. The summed E-state index contributed by atoms with van der Waals surface area (Å²) in [4.78, 5) is 14.9. The second-order valence-corrected chi connectivity index (χ2v) is 9.18.